The normalized spacial score (nSPS) is 10.3. The van der Waals surface area contributed by atoms with E-state index >= 15 is 0 Å². The molecule has 1 rings (SSSR count). The Kier molecular flexibility index (Phi) is 5.27. The number of rotatable bonds is 3. The second kappa shape index (κ2) is 6.49. The Morgan fingerprint density at radius 3 is 2.61 bits per heavy atom. The smallest absolute Gasteiger partial charge is 0.270 e. The number of benzene rings is 1. The Morgan fingerprint density at radius 1 is 1.33 bits per heavy atom. The lowest BCUT2D eigenvalue weighted by molar-refractivity contribution is -0.122. The third kappa shape index (κ3) is 4.44. The molecule has 0 fully saturated rings. The van der Waals surface area contributed by atoms with Gasteiger partial charge in [-0.3, -0.25) is 20.4 Å². The first-order chi connectivity index (χ1) is 8.40. The number of hydrazine groups is 1. The summed E-state index contributed by atoms with van der Waals surface area (Å²) in [6.45, 7) is 3.79. The lowest BCUT2D eigenvalue weighted by Gasteiger charge is -2.09. The second-order valence-corrected chi connectivity index (χ2v) is 5.08. The fourth-order valence-corrected chi connectivity index (χ4v) is 1.71. The molecule has 0 atom stereocenters. The Balaban J connectivity index is 2.60. The van der Waals surface area contributed by atoms with E-state index in [0.717, 1.165) is 6.07 Å². The van der Waals surface area contributed by atoms with Crippen LogP contribution in [0.25, 0.3) is 0 Å². The van der Waals surface area contributed by atoms with Crippen molar-refractivity contribution in [1.82, 2.24) is 10.9 Å². The molecule has 98 valence electrons. The molecule has 0 unspecified atom stereocenters. The van der Waals surface area contributed by atoms with Gasteiger partial charge < -0.3 is 0 Å². The highest BCUT2D eigenvalue weighted by molar-refractivity contribution is 9.10. The Labute approximate surface area is 113 Å². The first-order valence-corrected chi connectivity index (χ1v) is 6.23. The molecular weight excluding hydrogens is 303 g/mol. The summed E-state index contributed by atoms with van der Waals surface area (Å²) in [4.78, 5) is 23.0. The van der Waals surface area contributed by atoms with E-state index in [9.17, 15) is 14.0 Å². The van der Waals surface area contributed by atoms with Crippen LogP contribution in [-0.4, -0.2) is 11.8 Å². The van der Waals surface area contributed by atoms with Gasteiger partial charge in [-0.25, -0.2) is 4.39 Å². The van der Waals surface area contributed by atoms with Crippen LogP contribution in [0.2, 0.25) is 0 Å². The summed E-state index contributed by atoms with van der Waals surface area (Å²) in [7, 11) is 0. The Bertz CT molecular complexity index is 463. The summed E-state index contributed by atoms with van der Waals surface area (Å²) in [5.41, 5.74) is 4.64. The van der Waals surface area contributed by atoms with Crippen molar-refractivity contribution in [3.8, 4) is 0 Å². The monoisotopic (exact) mass is 316 g/mol. The van der Waals surface area contributed by atoms with Crippen LogP contribution in [0.15, 0.2) is 22.7 Å². The SMILES string of the molecule is CC(C)CC(=O)NNC(=O)c1cc(F)ccc1Br. The molecule has 4 nitrogen and oxygen atoms in total. The van der Waals surface area contributed by atoms with Crippen molar-refractivity contribution in [2.75, 3.05) is 0 Å². The van der Waals surface area contributed by atoms with E-state index in [2.05, 4.69) is 26.8 Å². The van der Waals surface area contributed by atoms with Gasteiger partial charge in [0.05, 0.1) is 5.56 Å². The fourth-order valence-electron chi connectivity index (χ4n) is 1.29. The van der Waals surface area contributed by atoms with Crippen molar-refractivity contribution in [3.63, 3.8) is 0 Å². The standard InChI is InChI=1S/C12H14BrFN2O2/c1-7(2)5-11(17)15-16-12(18)9-6-8(14)3-4-10(9)13/h3-4,6-7H,5H2,1-2H3,(H,15,17)(H,16,18). The molecule has 0 aliphatic carbocycles. The highest BCUT2D eigenvalue weighted by Gasteiger charge is 2.12. The van der Waals surface area contributed by atoms with Gasteiger partial charge in [0.2, 0.25) is 5.91 Å². The van der Waals surface area contributed by atoms with E-state index in [1.165, 1.54) is 12.1 Å². The molecule has 0 spiro atoms. The molecule has 2 N–H and O–H groups in total. The largest absolute Gasteiger partial charge is 0.273 e. The molecular formula is C12H14BrFN2O2. The lowest BCUT2D eigenvalue weighted by Crippen LogP contribution is -2.42. The number of nitrogens with one attached hydrogen (secondary N) is 2. The van der Waals surface area contributed by atoms with Crippen LogP contribution in [0, 0.1) is 11.7 Å². The molecule has 0 aliphatic rings. The molecule has 1 aromatic rings. The minimum absolute atomic E-state index is 0.125. The van der Waals surface area contributed by atoms with Crippen molar-refractivity contribution in [2.24, 2.45) is 5.92 Å². The molecule has 0 saturated heterocycles. The first-order valence-electron chi connectivity index (χ1n) is 5.44. The maximum Gasteiger partial charge on any atom is 0.270 e. The average molecular weight is 317 g/mol. The molecule has 0 radical (unpaired) electrons. The molecule has 6 heteroatoms. The number of halogens is 2. The highest BCUT2D eigenvalue weighted by atomic mass is 79.9. The van der Waals surface area contributed by atoms with Gasteiger partial charge in [0.25, 0.3) is 5.91 Å². The van der Waals surface area contributed by atoms with Crippen molar-refractivity contribution in [2.45, 2.75) is 20.3 Å². The van der Waals surface area contributed by atoms with Crippen LogP contribution in [0.4, 0.5) is 4.39 Å². The van der Waals surface area contributed by atoms with Crippen LogP contribution in [0.1, 0.15) is 30.6 Å². The van der Waals surface area contributed by atoms with Gasteiger partial charge in [0, 0.05) is 10.9 Å². The van der Waals surface area contributed by atoms with E-state index in [4.69, 9.17) is 0 Å². The number of hydrogen-bond acceptors (Lipinski definition) is 2. The maximum absolute atomic E-state index is 13.0. The average Bonchev–Trinajstić information content (AvgIpc) is 2.28. The van der Waals surface area contributed by atoms with Crippen molar-refractivity contribution in [3.05, 3.63) is 34.1 Å². The van der Waals surface area contributed by atoms with Gasteiger partial charge in [0.15, 0.2) is 0 Å². The minimum Gasteiger partial charge on any atom is -0.273 e. The van der Waals surface area contributed by atoms with Gasteiger partial charge in [-0.1, -0.05) is 13.8 Å². The summed E-state index contributed by atoms with van der Waals surface area (Å²) in [5, 5.41) is 0. The molecule has 18 heavy (non-hydrogen) atoms. The van der Waals surface area contributed by atoms with Gasteiger partial charge in [0.1, 0.15) is 5.82 Å². The predicted molar refractivity (Wildman–Crippen MR) is 69.2 cm³/mol. The Morgan fingerprint density at radius 2 is 2.00 bits per heavy atom. The van der Waals surface area contributed by atoms with Crippen LogP contribution in [-0.2, 0) is 4.79 Å². The summed E-state index contributed by atoms with van der Waals surface area (Å²) in [6.07, 6.45) is 0.310. The highest BCUT2D eigenvalue weighted by Crippen LogP contribution is 2.17. The zero-order valence-corrected chi connectivity index (χ0v) is 11.7. The molecule has 0 aliphatic heterocycles. The number of carbonyl (C=O) groups excluding carboxylic acids is 2. The predicted octanol–water partition coefficient (Wildman–Crippen LogP) is 2.40. The second-order valence-electron chi connectivity index (χ2n) is 4.22. The number of hydrogen-bond donors (Lipinski definition) is 2. The maximum atomic E-state index is 13.0. The van der Waals surface area contributed by atoms with E-state index in [1.54, 1.807) is 0 Å². The zero-order chi connectivity index (χ0) is 13.7. The van der Waals surface area contributed by atoms with Gasteiger partial charge in [-0.05, 0) is 40.0 Å². The first kappa shape index (κ1) is 14.6. The molecule has 0 saturated carbocycles. The van der Waals surface area contributed by atoms with E-state index in [0.29, 0.717) is 10.9 Å². The Hall–Kier alpha value is -1.43. The van der Waals surface area contributed by atoms with E-state index in [1.807, 2.05) is 13.8 Å². The van der Waals surface area contributed by atoms with E-state index < -0.39 is 11.7 Å². The summed E-state index contributed by atoms with van der Waals surface area (Å²) >= 11 is 3.14. The van der Waals surface area contributed by atoms with Crippen molar-refractivity contribution < 1.29 is 14.0 Å². The zero-order valence-electron chi connectivity index (χ0n) is 10.1. The molecule has 0 heterocycles. The molecule has 2 amide bonds. The number of carbonyl (C=O) groups is 2. The summed E-state index contributed by atoms with van der Waals surface area (Å²) in [6, 6.07) is 3.76. The fraction of sp³-hybridized carbons (Fsp3) is 0.333. The van der Waals surface area contributed by atoms with Crippen LogP contribution >= 0.6 is 15.9 Å². The van der Waals surface area contributed by atoms with Crippen molar-refractivity contribution >= 4 is 27.7 Å². The molecule has 0 bridgehead atoms. The third-order valence-corrected chi connectivity index (χ3v) is 2.77. The third-order valence-electron chi connectivity index (χ3n) is 2.08. The van der Waals surface area contributed by atoms with Gasteiger partial charge >= 0.3 is 0 Å². The van der Waals surface area contributed by atoms with Crippen LogP contribution in [0.5, 0.6) is 0 Å². The van der Waals surface area contributed by atoms with E-state index in [-0.39, 0.29) is 17.4 Å². The summed E-state index contributed by atoms with van der Waals surface area (Å²) < 4.78 is 13.4. The van der Waals surface area contributed by atoms with Gasteiger partial charge in [-0.15, -0.1) is 0 Å². The molecule has 1 aromatic carbocycles. The van der Waals surface area contributed by atoms with Crippen molar-refractivity contribution in [1.29, 1.82) is 0 Å². The summed E-state index contributed by atoms with van der Waals surface area (Å²) in [5.74, 6) is -1.18. The van der Waals surface area contributed by atoms with Crippen LogP contribution < -0.4 is 10.9 Å². The topological polar surface area (TPSA) is 58.2 Å². The molecule has 0 aromatic heterocycles. The van der Waals surface area contributed by atoms with Gasteiger partial charge in [-0.2, -0.15) is 0 Å². The number of amides is 2. The van der Waals surface area contributed by atoms with Crippen LogP contribution in [0.3, 0.4) is 0 Å². The quantitative estimate of drug-likeness (QED) is 0.841. The minimum atomic E-state index is -0.571. The lowest BCUT2D eigenvalue weighted by atomic mass is 10.1.